The molecule has 8 rings (SSSR count). The van der Waals surface area contributed by atoms with Crippen LogP contribution in [0.5, 0.6) is 0 Å². The fraction of sp³-hybridized carbons (Fsp3) is 0.261. The lowest BCUT2D eigenvalue weighted by molar-refractivity contribution is -0.841. The van der Waals surface area contributed by atoms with Crippen LogP contribution in [0.15, 0.2) is 122 Å². The van der Waals surface area contributed by atoms with Gasteiger partial charge in [0.05, 0.1) is 51.1 Å². The van der Waals surface area contributed by atoms with Crippen LogP contribution in [0.1, 0.15) is 72.6 Å². The second-order valence-electron chi connectivity index (χ2n) is 15.1. The number of benzene rings is 4. The van der Waals surface area contributed by atoms with Crippen molar-refractivity contribution in [2.75, 3.05) is 27.3 Å². The summed E-state index contributed by atoms with van der Waals surface area (Å²) in [6.45, 7) is 1.27. The van der Waals surface area contributed by atoms with Gasteiger partial charge < -0.3 is 30.1 Å². The smallest absolute Gasteiger partial charge is 0.407 e. The van der Waals surface area contributed by atoms with Crippen LogP contribution in [0.3, 0.4) is 0 Å². The van der Waals surface area contributed by atoms with E-state index in [0.717, 1.165) is 80.8 Å². The highest BCUT2D eigenvalue weighted by Crippen LogP contribution is 2.29. The molecule has 0 bridgehead atoms. The van der Waals surface area contributed by atoms with E-state index in [1.54, 1.807) is 0 Å². The number of aromatic amines is 2. The third-order valence-corrected chi connectivity index (χ3v) is 11.6. The summed E-state index contributed by atoms with van der Waals surface area (Å²) in [5, 5.41) is 5.46. The van der Waals surface area contributed by atoms with Crippen molar-refractivity contribution in [2.45, 2.75) is 49.9 Å². The first-order valence-electron chi connectivity index (χ1n) is 20.2. The monoisotopic (exact) mass is 808 g/mol. The fourth-order valence-electron chi connectivity index (χ4n) is 8.50. The van der Waals surface area contributed by atoms with Crippen LogP contribution in [-0.2, 0) is 19.1 Å². The van der Waals surface area contributed by atoms with E-state index >= 15 is 0 Å². The van der Waals surface area contributed by atoms with E-state index in [0.29, 0.717) is 24.2 Å². The summed E-state index contributed by atoms with van der Waals surface area (Å²) in [6, 6.07) is 32.9. The van der Waals surface area contributed by atoms with E-state index in [9.17, 15) is 19.2 Å². The second-order valence-corrected chi connectivity index (χ2v) is 15.1. The van der Waals surface area contributed by atoms with Gasteiger partial charge in [0.15, 0.2) is 35.8 Å². The zero-order chi connectivity index (χ0) is 41.6. The first kappa shape index (κ1) is 39.9. The van der Waals surface area contributed by atoms with Crippen LogP contribution in [0.2, 0.25) is 0 Å². The molecule has 6 atom stereocenters. The Kier molecular flexibility index (Phi) is 11.9. The molecule has 4 unspecified atom stereocenters. The van der Waals surface area contributed by atoms with Gasteiger partial charge in [0.2, 0.25) is 0 Å². The highest BCUT2D eigenvalue weighted by Gasteiger charge is 2.43. The molecule has 6 aromatic rings. The first-order chi connectivity index (χ1) is 29.3. The van der Waals surface area contributed by atoms with Gasteiger partial charge in [-0.15, -0.1) is 0 Å². The van der Waals surface area contributed by atoms with Crippen LogP contribution in [0, 0.1) is 0 Å². The zero-order valence-electron chi connectivity index (χ0n) is 33.4. The summed E-state index contributed by atoms with van der Waals surface area (Å²) in [5.74, 6) is 1.20. The Balaban J connectivity index is 0.928. The number of nitrogens with zero attached hydrogens (tertiary/aromatic N) is 2. The van der Waals surface area contributed by atoms with Crippen LogP contribution in [0.25, 0.3) is 33.6 Å². The van der Waals surface area contributed by atoms with Gasteiger partial charge in [0.25, 0.3) is 0 Å². The van der Waals surface area contributed by atoms with Gasteiger partial charge in [-0.05, 0) is 33.4 Å². The molecule has 6 N–H and O–H groups in total. The van der Waals surface area contributed by atoms with Gasteiger partial charge in [-0.1, -0.05) is 109 Å². The minimum atomic E-state index is -0.846. The standard InChI is InChI=1S/C46H46N8O6/c1-59-45(57)51-39(33-11-5-3-6-12-33)43(55)53-25-9-15-37(53)41-47-27-35(49-41)31-21-17-29(18-22-31)30-19-23-32(24-20-30)36-28-48-42(50-36)38-16-10-26-54(38)44(56)40(52-46(58)60-2)34-13-7-4-8-14-34/h3-8,11-14,17-24,27-28,37-40H,9-10,15-16,25-26H2,1-2H3,(H,47,49)(H,48,50)(H,51,57)(H,52,58)/p+2/t37?,38?,39-,40-/m1/s1. The Hall–Kier alpha value is -6.90. The topological polar surface area (TPSA) is 177 Å². The van der Waals surface area contributed by atoms with Gasteiger partial charge in [0, 0.05) is 25.7 Å². The molecule has 0 saturated carbocycles. The van der Waals surface area contributed by atoms with Crippen molar-refractivity contribution in [3.63, 3.8) is 0 Å². The van der Waals surface area contributed by atoms with E-state index in [4.69, 9.17) is 19.4 Å². The lowest BCUT2D eigenvalue weighted by atomic mass is 10.0. The quantitative estimate of drug-likeness (QED) is 0.108. The molecule has 2 aliphatic rings. The van der Waals surface area contributed by atoms with Crippen molar-refractivity contribution in [3.8, 4) is 33.6 Å². The van der Waals surface area contributed by atoms with E-state index in [-0.39, 0.29) is 23.9 Å². The van der Waals surface area contributed by atoms with Crippen molar-refractivity contribution in [1.29, 1.82) is 0 Å². The molecule has 14 heteroatoms. The number of rotatable bonds is 11. The van der Waals surface area contributed by atoms with Gasteiger partial charge in [-0.2, -0.15) is 0 Å². The van der Waals surface area contributed by atoms with E-state index in [1.807, 2.05) is 73.1 Å². The number of methoxy groups -OCH3 is 2. The fourth-order valence-corrected chi connectivity index (χ4v) is 8.50. The van der Waals surface area contributed by atoms with Crippen LogP contribution in [-0.4, -0.2) is 71.2 Å². The predicted molar refractivity (Wildman–Crippen MR) is 222 cm³/mol. The maximum Gasteiger partial charge on any atom is 0.407 e. The highest BCUT2D eigenvalue weighted by atomic mass is 16.5. The summed E-state index contributed by atoms with van der Waals surface area (Å²) < 4.78 is 9.67. The van der Waals surface area contributed by atoms with Crippen molar-refractivity contribution in [1.82, 2.24) is 30.6 Å². The maximum absolute atomic E-state index is 13.9. The number of nitrogens with one attached hydrogen (secondary N) is 6. The number of alkyl carbamates (subject to hydrolysis) is 2. The van der Waals surface area contributed by atoms with E-state index < -0.39 is 24.3 Å². The van der Waals surface area contributed by atoms with Crippen LogP contribution < -0.4 is 20.4 Å². The number of likely N-dealkylation sites (tertiary alicyclic amines) is 2. The van der Waals surface area contributed by atoms with Crippen molar-refractivity contribution < 1.29 is 38.5 Å². The molecule has 14 nitrogen and oxygen atoms in total. The number of H-pyrrole nitrogens is 2. The van der Waals surface area contributed by atoms with Crippen molar-refractivity contribution in [2.24, 2.45) is 0 Å². The van der Waals surface area contributed by atoms with E-state index in [2.05, 4.69) is 69.1 Å². The number of carbonyl (C=O) groups excluding carboxylic acids is 4. The van der Waals surface area contributed by atoms with Gasteiger partial charge >= 0.3 is 24.0 Å². The van der Waals surface area contributed by atoms with Crippen molar-refractivity contribution in [3.05, 3.63) is 144 Å². The Morgan fingerprint density at radius 2 is 0.933 bits per heavy atom. The predicted octanol–water partition coefficient (Wildman–Crippen LogP) is 4.82. The maximum atomic E-state index is 13.9. The molecule has 0 radical (unpaired) electrons. The molecular formula is C46H48N8O6+2. The molecule has 60 heavy (non-hydrogen) atoms. The number of quaternary nitrogens is 2. The Morgan fingerprint density at radius 1 is 0.567 bits per heavy atom. The number of ether oxygens (including phenoxy) is 2. The molecule has 2 aromatic heterocycles. The summed E-state index contributed by atoms with van der Waals surface area (Å²) in [6.07, 6.45) is 5.57. The minimum absolute atomic E-state index is 0.132. The van der Waals surface area contributed by atoms with Crippen LogP contribution >= 0.6 is 0 Å². The molecule has 0 aliphatic carbocycles. The molecule has 2 fully saturated rings. The van der Waals surface area contributed by atoms with Crippen molar-refractivity contribution >= 4 is 24.0 Å². The number of hydrogen-bond acceptors (Lipinski definition) is 8. The van der Waals surface area contributed by atoms with Gasteiger partial charge in [-0.25, -0.2) is 29.1 Å². The average molecular weight is 809 g/mol. The molecule has 4 aromatic carbocycles. The Labute approximate surface area is 347 Å². The first-order valence-corrected chi connectivity index (χ1v) is 20.2. The third-order valence-electron chi connectivity index (χ3n) is 11.6. The normalized spacial score (nSPS) is 19.6. The second kappa shape index (κ2) is 17.9. The number of carbonyl (C=O) groups is 4. The van der Waals surface area contributed by atoms with Gasteiger partial charge in [0.1, 0.15) is 0 Å². The average Bonchev–Trinajstić information content (AvgIpc) is 4.15. The Bertz CT molecular complexity index is 2260. The highest BCUT2D eigenvalue weighted by molar-refractivity contribution is 5.82. The molecule has 306 valence electrons. The Morgan fingerprint density at radius 3 is 1.30 bits per heavy atom. The number of amides is 4. The molecule has 0 spiro atoms. The third kappa shape index (κ3) is 8.46. The lowest BCUT2D eigenvalue weighted by Gasteiger charge is -2.23. The molecule has 2 aliphatic heterocycles. The largest absolute Gasteiger partial charge is 0.453 e. The molecule has 4 amide bonds. The lowest BCUT2D eigenvalue weighted by Crippen LogP contribution is -3.14. The summed E-state index contributed by atoms with van der Waals surface area (Å²) in [7, 11) is 2.57. The molecule has 2 saturated heterocycles. The molecule has 4 heterocycles. The van der Waals surface area contributed by atoms with Crippen LogP contribution in [0.4, 0.5) is 9.59 Å². The van der Waals surface area contributed by atoms with E-state index in [1.165, 1.54) is 14.2 Å². The number of hydrogen-bond donors (Lipinski definition) is 6. The number of imidazole rings is 2. The zero-order valence-corrected chi connectivity index (χ0v) is 33.4. The number of aromatic nitrogens is 4. The summed E-state index contributed by atoms with van der Waals surface area (Å²) >= 11 is 0. The molecular weight excluding hydrogens is 761 g/mol. The SMILES string of the molecule is COC(=O)N[C@@H](C(=O)[NH+]1CCCC1c1ncc(-c2ccc(-c3ccc(-c4cnc(C5CCC[NH+]5C(=O)[C@H](NC(=O)OC)c5ccccc5)[nH]4)cc3)cc2)[nH]1)c1ccccc1. The summed E-state index contributed by atoms with van der Waals surface area (Å²) in [4.78, 5) is 70.2. The summed E-state index contributed by atoms with van der Waals surface area (Å²) in [5.41, 5.74) is 7.15. The minimum Gasteiger partial charge on any atom is -0.453 e. The van der Waals surface area contributed by atoms with Gasteiger partial charge in [-0.3, -0.25) is 9.80 Å².